The van der Waals surface area contributed by atoms with Crippen molar-refractivity contribution in [2.45, 2.75) is 0 Å². The van der Waals surface area contributed by atoms with Gasteiger partial charge in [0.25, 0.3) is 0 Å². The second-order valence-corrected chi connectivity index (χ2v) is 6.36. The Hall–Kier alpha value is -0.210. The molecule has 0 amide bonds. The highest BCUT2D eigenvalue weighted by molar-refractivity contribution is 8.15. The molecule has 4 heteroatoms. The van der Waals surface area contributed by atoms with Crippen LogP contribution in [0.4, 0.5) is 0 Å². The van der Waals surface area contributed by atoms with Gasteiger partial charge < -0.3 is 4.52 Å². The van der Waals surface area contributed by atoms with Crippen molar-refractivity contribution < 1.29 is 4.52 Å². The molecule has 0 bridgehead atoms. The summed E-state index contributed by atoms with van der Waals surface area (Å²) in [6.07, 6.45) is -1.84. The first-order chi connectivity index (χ1) is 5.81. The maximum absolute atomic E-state index is 5.54. The van der Waals surface area contributed by atoms with Crippen LogP contribution in [0.1, 0.15) is 0 Å². The highest BCUT2D eigenvalue weighted by Gasteiger charge is 2.24. The second kappa shape index (κ2) is 3.27. The minimum atomic E-state index is -1.84. The van der Waals surface area contributed by atoms with E-state index in [0.717, 1.165) is 18.5 Å². The van der Waals surface area contributed by atoms with Crippen molar-refractivity contribution in [1.29, 1.82) is 0 Å². The van der Waals surface area contributed by atoms with Crippen LogP contribution < -0.4 is 10.4 Å². The molecule has 0 aromatic heterocycles. The summed E-state index contributed by atoms with van der Waals surface area (Å²) < 4.78 is 5.54. The summed E-state index contributed by atoms with van der Waals surface area (Å²) in [6.45, 7) is 1.62. The Balaban J connectivity index is 2.36. The van der Waals surface area contributed by atoms with E-state index >= 15 is 0 Å². The largest absolute Gasteiger partial charge is 0.333 e. The minimum absolute atomic E-state index is 0.742. The third kappa shape index (κ3) is 1.46. The van der Waals surface area contributed by atoms with Crippen molar-refractivity contribution in [3.05, 3.63) is 30.3 Å². The van der Waals surface area contributed by atoms with E-state index < -0.39 is 6.42 Å². The van der Waals surface area contributed by atoms with E-state index in [1.165, 1.54) is 0 Å². The zero-order valence-corrected chi connectivity index (χ0v) is 8.28. The summed E-state index contributed by atoms with van der Waals surface area (Å²) in [5.41, 5.74) is 0. The van der Waals surface area contributed by atoms with E-state index in [1.807, 2.05) is 30.3 Å². The van der Waals surface area contributed by atoms with Gasteiger partial charge in [0.15, 0.2) is 6.42 Å². The molecule has 1 fully saturated rings. The average Bonchev–Trinajstić information content (AvgIpc) is 2.55. The summed E-state index contributed by atoms with van der Waals surface area (Å²) in [5, 5.41) is 4.38. The Morgan fingerprint density at radius 1 is 1.33 bits per heavy atom. The first kappa shape index (κ1) is 8.39. The smallest absolute Gasteiger partial charge is 0.159 e. The lowest BCUT2D eigenvalue weighted by molar-refractivity contribution is 0.401. The molecule has 1 atom stereocenters. The van der Waals surface area contributed by atoms with E-state index in [2.05, 4.69) is 5.09 Å². The van der Waals surface area contributed by atoms with E-state index in [4.69, 9.17) is 16.3 Å². The quantitative estimate of drug-likeness (QED) is 0.688. The van der Waals surface area contributed by atoms with Crippen LogP contribution in [0.25, 0.3) is 0 Å². The summed E-state index contributed by atoms with van der Waals surface area (Å²) in [5.74, 6) is 0. The SMILES string of the molecule is S=P1(c2ccccc2)NCCO1. The van der Waals surface area contributed by atoms with Gasteiger partial charge >= 0.3 is 0 Å². The predicted molar refractivity (Wildman–Crippen MR) is 54.3 cm³/mol. The molecule has 0 aliphatic carbocycles. The van der Waals surface area contributed by atoms with Crippen LogP contribution in [-0.4, -0.2) is 13.2 Å². The highest BCUT2D eigenvalue weighted by atomic mass is 32.4. The maximum Gasteiger partial charge on any atom is 0.159 e. The van der Waals surface area contributed by atoms with Gasteiger partial charge in [-0.05, 0) is 11.8 Å². The van der Waals surface area contributed by atoms with Gasteiger partial charge in [-0.1, -0.05) is 30.3 Å². The predicted octanol–water partition coefficient (Wildman–Crippen LogP) is 1.24. The van der Waals surface area contributed by atoms with Crippen molar-refractivity contribution in [2.24, 2.45) is 0 Å². The lowest BCUT2D eigenvalue weighted by Gasteiger charge is -2.14. The van der Waals surface area contributed by atoms with Gasteiger partial charge in [0, 0.05) is 11.8 Å². The molecule has 1 aliphatic rings. The van der Waals surface area contributed by atoms with E-state index in [0.29, 0.717) is 0 Å². The molecule has 1 aromatic carbocycles. The Morgan fingerprint density at radius 2 is 2.08 bits per heavy atom. The van der Waals surface area contributed by atoms with E-state index in [1.54, 1.807) is 0 Å². The van der Waals surface area contributed by atoms with Gasteiger partial charge in [0.2, 0.25) is 0 Å². The number of benzene rings is 1. The lowest BCUT2D eigenvalue weighted by atomic mass is 10.4. The number of hydrogen-bond donors (Lipinski definition) is 1. The lowest BCUT2D eigenvalue weighted by Crippen LogP contribution is -2.13. The third-order valence-electron chi connectivity index (χ3n) is 1.79. The molecule has 2 nitrogen and oxygen atoms in total. The topological polar surface area (TPSA) is 21.3 Å². The monoisotopic (exact) mass is 199 g/mol. The van der Waals surface area contributed by atoms with Crippen LogP contribution in [-0.2, 0) is 16.3 Å². The van der Waals surface area contributed by atoms with Crippen molar-refractivity contribution >= 4 is 23.5 Å². The molecule has 12 heavy (non-hydrogen) atoms. The molecule has 0 saturated carbocycles. The molecule has 0 radical (unpaired) electrons. The summed E-state index contributed by atoms with van der Waals surface area (Å²) in [4.78, 5) is 0. The second-order valence-electron chi connectivity index (χ2n) is 2.63. The Kier molecular flexibility index (Phi) is 2.28. The van der Waals surface area contributed by atoms with Crippen LogP contribution in [0.3, 0.4) is 0 Å². The molecule has 1 saturated heterocycles. The fourth-order valence-corrected chi connectivity index (χ4v) is 3.79. The van der Waals surface area contributed by atoms with Crippen LogP contribution in [0.2, 0.25) is 0 Å². The van der Waals surface area contributed by atoms with Crippen molar-refractivity contribution in [1.82, 2.24) is 5.09 Å². The van der Waals surface area contributed by atoms with Crippen molar-refractivity contribution in [3.8, 4) is 0 Å². The van der Waals surface area contributed by atoms with Gasteiger partial charge in [-0.25, -0.2) is 0 Å². The Labute approximate surface area is 77.1 Å². The molecule has 1 aromatic rings. The number of hydrogen-bond acceptors (Lipinski definition) is 2. The average molecular weight is 199 g/mol. The van der Waals surface area contributed by atoms with Gasteiger partial charge in [0.1, 0.15) is 0 Å². The Morgan fingerprint density at radius 3 is 2.67 bits per heavy atom. The fraction of sp³-hybridized carbons (Fsp3) is 0.250. The first-order valence-corrected chi connectivity index (χ1v) is 6.59. The number of rotatable bonds is 1. The fourth-order valence-electron chi connectivity index (χ4n) is 1.20. The van der Waals surface area contributed by atoms with Crippen LogP contribution in [0.15, 0.2) is 30.3 Å². The van der Waals surface area contributed by atoms with E-state index in [-0.39, 0.29) is 0 Å². The number of nitrogens with one attached hydrogen (secondary N) is 1. The summed E-state index contributed by atoms with van der Waals surface area (Å²) >= 11 is 5.41. The van der Waals surface area contributed by atoms with Gasteiger partial charge in [-0.15, -0.1) is 0 Å². The summed E-state index contributed by atoms with van der Waals surface area (Å²) in [7, 11) is 0. The molecule has 1 unspecified atom stereocenters. The molecular formula is C8H10NOPS. The summed E-state index contributed by atoms with van der Waals surface area (Å²) in [6, 6.07) is 10.0. The van der Waals surface area contributed by atoms with Crippen molar-refractivity contribution in [2.75, 3.05) is 13.2 Å². The Bertz CT molecular complexity index is 304. The van der Waals surface area contributed by atoms with Crippen LogP contribution >= 0.6 is 6.42 Å². The third-order valence-corrected chi connectivity index (χ3v) is 5.29. The standard InChI is InChI=1S/C8H10NOPS/c12-11(9-6-7-10-11)8-4-2-1-3-5-8/h1-5H,6-7H2,(H,9,12). The molecule has 1 aliphatic heterocycles. The molecule has 0 spiro atoms. The minimum Gasteiger partial charge on any atom is -0.333 e. The normalized spacial score (nSPS) is 29.0. The van der Waals surface area contributed by atoms with Gasteiger partial charge in [-0.3, -0.25) is 5.09 Å². The molecule has 1 N–H and O–H groups in total. The van der Waals surface area contributed by atoms with E-state index in [9.17, 15) is 0 Å². The van der Waals surface area contributed by atoms with Crippen LogP contribution in [0, 0.1) is 0 Å². The zero-order valence-electron chi connectivity index (χ0n) is 6.56. The van der Waals surface area contributed by atoms with Gasteiger partial charge in [-0.2, -0.15) is 0 Å². The van der Waals surface area contributed by atoms with Crippen molar-refractivity contribution in [3.63, 3.8) is 0 Å². The van der Waals surface area contributed by atoms with Crippen LogP contribution in [0.5, 0.6) is 0 Å². The molecular weight excluding hydrogens is 189 g/mol. The molecule has 64 valence electrons. The molecule has 2 rings (SSSR count). The highest BCUT2D eigenvalue weighted by Crippen LogP contribution is 2.44. The zero-order chi connectivity index (χ0) is 8.44. The first-order valence-electron chi connectivity index (χ1n) is 3.87. The molecule has 1 heterocycles. The maximum atomic E-state index is 5.54. The van der Waals surface area contributed by atoms with Gasteiger partial charge in [0.05, 0.1) is 6.61 Å².